The molecule has 19 heavy (non-hydrogen) atoms. The maximum atomic E-state index is 11.9. The van der Waals surface area contributed by atoms with E-state index in [0.29, 0.717) is 0 Å². The van der Waals surface area contributed by atoms with Crippen molar-refractivity contribution >= 4 is 12.0 Å². The summed E-state index contributed by atoms with van der Waals surface area (Å²) in [5, 5.41) is 3.02. The lowest BCUT2D eigenvalue weighted by atomic mass is 10.0. The van der Waals surface area contributed by atoms with Gasteiger partial charge in [0.25, 0.3) is 0 Å². The molecule has 0 saturated carbocycles. The highest BCUT2D eigenvalue weighted by Gasteiger charge is 2.26. The number of nitrogens with one attached hydrogen (secondary N) is 1. The number of hydrogen-bond acceptors (Lipinski definition) is 2. The number of amides is 1. The highest BCUT2D eigenvalue weighted by molar-refractivity contribution is 6.00. The number of carbonyl (C=O) groups excluding carboxylic acids is 1. The second-order valence-electron chi connectivity index (χ2n) is 4.75. The van der Waals surface area contributed by atoms with Crippen LogP contribution in [-0.4, -0.2) is 11.9 Å². The van der Waals surface area contributed by atoms with Gasteiger partial charge in [-0.1, -0.05) is 30.3 Å². The highest BCUT2D eigenvalue weighted by atomic mass is 16.3. The second-order valence-corrected chi connectivity index (χ2v) is 4.75. The SMILES string of the molecule is O=C1NC(Cc2ccccc2)CC1=Cc1ccco1. The molecule has 96 valence electrons. The third-order valence-corrected chi connectivity index (χ3v) is 3.28. The zero-order chi connectivity index (χ0) is 13.1. The summed E-state index contributed by atoms with van der Waals surface area (Å²) in [5.41, 5.74) is 2.03. The molecule has 3 nitrogen and oxygen atoms in total. The summed E-state index contributed by atoms with van der Waals surface area (Å²) in [6.07, 6.45) is 5.04. The highest BCUT2D eigenvalue weighted by Crippen LogP contribution is 2.20. The first kappa shape index (κ1) is 11.8. The van der Waals surface area contributed by atoms with Crippen LogP contribution in [0.1, 0.15) is 17.7 Å². The van der Waals surface area contributed by atoms with Crippen molar-refractivity contribution in [2.75, 3.05) is 0 Å². The van der Waals surface area contributed by atoms with Crippen LogP contribution in [0.3, 0.4) is 0 Å². The van der Waals surface area contributed by atoms with E-state index in [-0.39, 0.29) is 11.9 Å². The van der Waals surface area contributed by atoms with Crippen molar-refractivity contribution in [2.45, 2.75) is 18.9 Å². The molecule has 0 bridgehead atoms. The minimum absolute atomic E-state index is 0.0114. The van der Waals surface area contributed by atoms with Gasteiger partial charge in [-0.15, -0.1) is 0 Å². The van der Waals surface area contributed by atoms with E-state index >= 15 is 0 Å². The predicted octanol–water partition coefficient (Wildman–Crippen LogP) is 2.79. The molecule has 2 aromatic rings. The van der Waals surface area contributed by atoms with E-state index in [4.69, 9.17) is 4.42 Å². The molecule has 1 aliphatic heterocycles. The van der Waals surface area contributed by atoms with Gasteiger partial charge in [0, 0.05) is 11.6 Å². The van der Waals surface area contributed by atoms with Crippen LogP contribution in [0.15, 0.2) is 58.7 Å². The number of rotatable bonds is 3. The minimum atomic E-state index is 0.0114. The molecule has 0 radical (unpaired) electrons. The molecule has 1 amide bonds. The first-order valence-electron chi connectivity index (χ1n) is 6.40. The smallest absolute Gasteiger partial charge is 0.247 e. The van der Waals surface area contributed by atoms with Crippen LogP contribution in [-0.2, 0) is 11.2 Å². The van der Waals surface area contributed by atoms with Gasteiger partial charge in [-0.2, -0.15) is 0 Å². The molecule has 1 unspecified atom stereocenters. The molecule has 1 aromatic heterocycles. The van der Waals surface area contributed by atoms with Gasteiger partial charge in [0.1, 0.15) is 5.76 Å². The van der Waals surface area contributed by atoms with Crippen molar-refractivity contribution in [3.63, 3.8) is 0 Å². The van der Waals surface area contributed by atoms with Gasteiger partial charge < -0.3 is 9.73 Å². The van der Waals surface area contributed by atoms with Gasteiger partial charge in [0.15, 0.2) is 0 Å². The Morgan fingerprint density at radius 1 is 1.21 bits per heavy atom. The normalized spacial score (nSPS) is 20.7. The lowest BCUT2D eigenvalue weighted by Gasteiger charge is -2.08. The Kier molecular flexibility index (Phi) is 3.19. The van der Waals surface area contributed by atoms with Gasteiger partial charge >= 0.3 is 0 Å². The van der Waals surface area contributed by atoms with Crippen LogP contribution in [0, 0.1) is 0 Å². The third-order valence-electron chi connectivity index (χ3n) is 3.28. The summed E-state index contributed by atoms with van der Waals surface area (Å²) in [6.45, 7) is 0. The number of hydrogen-bond donors (Lipinski definition) is 1. The summed E-state index contributed by atoms with van der Waals surface area (Å²) in [6, 6.07) is 14.1. The lowest BCUT2D eigenvalue weighted by Crippen LogP contribution is -2.27. The Hall–Kier alpha value is -2.29. The van der Waals surface area contributed by atoms with Crippen molar-refractivity contribution in [3.8, 4) is 0 Å². The molecular weight excluding hydrogens is 238 g/mol. The van der Waals surface area contributed by atoms with Crippen LogP contribution < -0.4 is 5.32 Å². The Labute approximate surface area is 111 Å². The molecule has 3 rings (SSSR count). The van der Waals surface area contributed by atoms with E-state index in [1.54, 1.807) is 6.26 Å². The average Bonchev–Trinajstić information content (AvgIpc) is 3.02. The molecule has 1 saturated heterocycles. The number of carbonyl (C=O) groups is 1. The van der Waals surface area contributed by atoms with Crippen molar-refractivity contribution in [3.05, 3.63) is 65.6 Å². The predicted molar refractivity (Wildman–Crippen MR) is 73.4 cm³/mol. The van der Waals surface area contributed by atoms with Crippen molar-refractivity contribution in [1.82, 2.24) is 5.32 Å². The molecule has 1 aliphatic rings. The summed E-state index contributed by atoms with van der Waals surface area (Å²) < 4.78 is 5.24. The quantitative estimate of drug-likeness (QED) is 0.855. The largest absolute Gasteiger partial charge is 0.465 e. The Bertz CT molecular complexity index is 584. The van der Waals surface area contributed by atoms with E-state index in [0.717, 1.165) is 24.2 Å². The summed E-state index contributed by atoms with van der Waals surface area (Å²) in [7, 11) is 0. The van der Waals surface area contributed by atoms with Gasteiger partial charge in [0.05, 0.1) is 6.26 Å². The first-order chi connectivity index (χ1) is 9.31. The molecule has 1 N–H and O–H groups in total. The zero-order valence-corrected chi connectivity index (χ0v) is 10.5. The monoisotopic (exact) mass is 253 g/mol. The Morgan fingerprint density at radius 3 is 2.79 bits per heavy atom. The first-order valence-corrected chi connectivity index (χ1v) is 6.40. The molecule has 3 heteroatoms. The molecule has 0 spiro atoms. The Balaban J connectivity index is 1.70. The molecule has 0 aliphatic carbocycles. The molecule has 1 fully saturated rings. The van der Waals surface area contributed by atoms with Crippen LogP contribution >= 0.6 is 0 Å². The van der Waals surface area contributed by atoms with Crippen LogP contribution in [0.5, 0.6) is 0 Å². The van der Waals surface area contributed by atoms with E-state index in [2.05, 4.69) is 17.4 Å². The third kappa shape index (κ3) is 2.76. The fourth-order valence-corrected chi connectivity index (χ4v) is 2.38. The summed E-state index contributed by atoms with van der Waals surface area (Å²) >= 11 is 0. The van der Waals surface area contributed by atoms with Gasteiger partial charge in [-0.3, -0.25) is 4.79 Å². The maximum Gasteiger partial charge on any atom is 0.247 e. The lowest BCUT2D eigenvalue weighted by molar-refractivity contribution is -0.116. The van der Waals surface area contributed by atoms with Gasteiger partial charge in [0.2, 0.25) is 5.91 Å². The fourth-order valence-electron chi connectivity index (χ4n) is 2.38. The van der Waals surface area contributed by atoms with E-state index in [1.807, 2.05) is 36.4 Å². The summed E-state index contributed by atoms with van der Waals surface area (Å²) in [5.74, 6) is 0.739. The topological polar surface area (TPSA) is 42.2 Å². The molecular formula is C16H15NO2. The fraction of sp³-hybridized carbons (Fsp3) is 0.188. The minimum Gasteiger partial charge on any atom is -0.465 e. The average molecular weight is 253 g/mol. The zero-order valence-electron chi connectivity index (χ0n) is 10.5. The van der Waals surface area contributed by atoms with Crippen molar-refractivity contribution in [1.29, 1.82) is 0 Å². The number of furan rings is 1. The molecule has 1 aromatic carbocycles. The van der Waals surface area contributed by atoms with E-state index < -0.39 is 0 Å². The maximum absolute atomic E-state index is 11.9. The van der Waals surface area contributed by atoms with Crippen molar-refractivity contribution in [2.24, 2.45) is 0 Å². The summed E-state index contributed by atoms with van der Waals surface area (Å²) in [4.78, 5) is 11.9. The number of benzene rings is 1. The second kappa shape index (κ2) is 5.14. The van der Waals surface area contributed by atoms with Crippen LogP contribution in [0.25, 0.3) is 6.08 Å². The van der Waals surface area contributed by atoms with Gasteiger partial charge in [-0.25, -0.2) is 0 Å². The van der Waals surface area contributed by atoms with Crippen LogP contribution in [0.2, 0.25) is 0 Å². The molecule has 2 heterocycles. The van der Waals surface area contributed by atoms with Crippen LogP contribution in [0.4, 0.5) is 0 Å². The Morgan fingerprint density at radius 2 is 2.05 bits per heavy atom. The van der Waals surface area contributed by atoms with Gasteiger partial charge in [-0.05, 0) is 36.6 Å². The van der Waals surface area contributed by atoms with E-state index in [1.165, 1.54) is 5.56 Å². The standard InChI is InChI=1S/C16H15NO2/c18-16-13(11-15-7-4-8-19-15)10-14(17-16)9-12-5-2-1-3-6-12/h1-8,11,14H,9-10H2,(H,17,18). The van der Waals surface area contributed by atoms with Crippen molar-refractivity contribution < 1.29 is 9.21 Å². The van der Waals surface area contributed by atoms with E-state index in [9.17, 15) is 4.79 Å². The molecule has 1 atom stereocenters.